The minimum atomic E-state index is 0.686. The van der Waals surface area contributed by atoms with Crippen molar-refractivity contribution in [3.05, 3.63) is 61.1 Å². The lowest BCUT2D eigenvalue weighted by atomic mass is 10.2. The van der Waals surface area contributed by atoms with Gasteiger partial charge in [-0.05, 0) is 37.3 Å². The number of hydrogen-bond acceptors (Lipinski definition) is 4. The lowest BCUT2D eigenvalue weighted by Gasteiger charge is -2.09. The van der Waals surface area contributed by atoms with Crippen LogP contribution in [0.3, 0.4) is 0 Å². The molecule has 0 saturated carbocycles. The number of rotatable bonds is 4. The van der Waals surface area contributed by atoms with E-state index in [4.69, 9.17) is 5.73 Å². The topological polar surface area (TPSA) is 63.8 Å². The van der Waals surface area contributed by atoms with E-state index in [1.165, 1.54) is 6.33 Å². The van der Waals surface area contributed by atoms with E-state index in [0.717, 1.165) is 22.4 Å². The average Bonchev–Trinajstić information content (AvgIpc) is 2.40. The van der Waals surface area contributed by atoms with Gasteiger partial charge in [0.2, 0.25) is 0 Å². The first-order chi connectivity index (χ1) is 9.24. The van der Waals surface area contributed by atoms with E-state index in [9.17, 15) is 0 Å². The maximum absolute atomic E-state index is 5.81. The molecular weight excluding hydrogens is 236 g/mol. The van der Waals surface area contributed by atoms with Crippen LogP contribution in [0.5, 0.6) is 0 Å². The van der Waals surface area contributed by atoms with E-state index >= 15 is 0 Å². The zero-order chi connectivity index (χ0) is 13.7. The SMILES string of the molecule is C=C/C=C(\C=C/C)Nc1ncnc2ccc(N)cc12. The predicted molar refractivity (Wildman–Crippen MR) is 80.7 cm³/mol. The first-order valence-electron chi connectivity index (χ1n) is 5.97. The van der Waals surface area contributed by atoms with Crippen molar-refractivity contribution in [1.29, 1.82) is 0 Å². The van der Waals surface area contributed by atoms with Crippen LogP contribution in [0.15, 0.2) is 61.1 Å². The highest BCUT2D eigenvalue weighted by Crippen LogP contribution is 2.22. The molecule has 2 aromatic rings. The van der Waals surface area contributed by atoms with E-state index < -0.39 is 0 Å². The molecule has 4 heteroatoms. The zero-order valence-electron chi connectivity index (χ0n) is 10.8. The van der Waals surface area contributed by atoms with Crippen LogP contribution in [0.4, 0.5) is 11.5 Å². The molecule has 2 rings (SSSR count). The summed E-state index contributed by atoms with van der Waals surface area (Å²) in [6, 6.07) is 5.56. The Morgan fingerprint density at radius 2 is 2.21 bits per heavy atom. The smallest absolute Gasteiger partial charge is 0.141 e. The lowest BCUT2D eigenvalue weighted by molar-refractivity contribution is 1.21. The molecule has 0 atom stereocenters. The fourth-order valence-corrected chi connectivity index (χ4v) is 1.76. The second-order valence-electron chi connectivity index (χ2n) is 3.98. The predicted octanol–water partition coefficient (Wildman–Crippen LogP) is 3.27. The number of fused-ring (bicyclic) bond motifs is 1. The van der Waals surface area contributed by atoms with Gasteiger partial charge in [0.15, 0.2) is 0 Å². The Morgan fingerprint density at radius 1 is 1.37 bits per heavy atom. The number of aromatic nitrogens is 2. The van der Waals surface area contributed by atoms with Crippen molar-refractivity contribution < 1.29 is 0 Å². The minimum absolute atomic E-state index is 0.686. The summed E-state index contributed by atoms with van der Waals surface area (Å²) in [5, 5.41) is 4.14. The van der Waals surface area contributed by atoms with E-state index in [2.05, 4.69) is 21.9 Å². The van der Waals surface area contributed by atoms with E-state index in [-0.39, 0.29) is 0 Å². The first-order valence-corrected chi connectivity index (χ1v) is 5.97. The Kier molecular flexibility index (Phi) is 3.93. The van der Waals surface area contributed by atoms with Crippen molar-refractivity contribution in [3.8, 4) is 0 Å². The van der Waals surface area contributed by atoms with Crippen molar-refractivity contribution in [1.82, 2.24) is 9.97 Å². The molecule has 19 heavy (non-hydrogen) atoms. The van der Waals surface area contributed by atoms with Gasteiger partial charge in [-0.15, -0.1) is 0 Å². The van der Waals surface area contributed by atoms with E-state index in [1.807, 2.05) is 43.4 Å². The van der Waals surface area contributed by atoms with Crippen LogP contribution in [0.2, 0.25) is 0 Å². The van der Waals surface area contributed by atoms with Crippen LogP contribution < -0.4 is 11.1 Å². The summed E-state index contributed by atoms with van der Waals surface area (Å²) in [5.74, 6) is 0.725. The molecule has 0 aliphatic carbocycles. The van der Waals surface area contributed by atoms with Gasteiger partial charge in [-0.25, -0.2) is 9.97 Å². The Hall–Kier alpha value is -2.62. The lowest BCUT2D eigenvalue weighted by Crippen LogP contribution is -2.01. The summed E-state index contributed by atoms with van der Waals surface area (Å²) >= 11 is 0. The van der Waals surface area contributed by atoms with Crippen LogP contribution in [0.25, 0.3) is 10.9 Å². The maximum atomic E-state index is 5.81. The number of nitrogens with two attached hydrogens (primary N) is 1. The van der Waals surface area contributed by atoms with Gasteiger partial charge in [0, 0.05) is 16.8 Å². The summed E-state index contributed by atoms with van der Waals surface area (Å²) in [5.41, 5.74) is 8.25. The third-order valence-electron chi connectivity index (χ3n) is 2.57. The molecule has 0 amide bonds. The van der Waals surface area contributed by atoms with Crippen LogP contribution >= 0.6 is 0 Å². The van der Waals surface area contributed by atoms with E-state index in [1.54, 1.807) is 6.08 Å². The van der Waals surface area contributed by atoms with E-state index in [0.29, 0.717) is 5.69 Å². The van der Waals surface area contributed by atoms with Crippen LogP contribution in [-0.4, -0.2) is 9.97 Å². The molecule has 0 unspecified atom stereocenters. The van der Waals surface area contributed by atoms with Gasteiger partial charge >= 0.3 is 0 Å². The first kappa shape index (κ1) is 12.8. The van der Waals surface area contributed by atoms with Gasteiger partial charge in [-0.1, -0.05) is 18.7 Å². The van der Waals surface area contributed by atoms with Crippen LogP contribution in [0.1, 0.15) is 6.92 Å². The summed E-state index contributed by atoms with van der Waals surface area (Å²) in [6.07, 6.45) is 9.02. The van der Waals surface area contributed by atoms with Crippen LogP contribution in [-0.2, 0) is 0 Å². The molecule has 1 aromatic carbocycles. The fraction of sp³-hybridized carbons (Fsp3) is 0.0667. The highest BCUT2D eigenvalue weighted by molar-refractivity contribution is 5.91. The molecule has 1 heterocycles. The second-order valence-corrected chi connectivity index (χ2v) is 3.98. The molecule has 0 radical (unpaired) electrons. The molecule has 0 bridgehead atoms. The molecule has 0 saturated heterocycles. The zero-order valence-corrected chi connectivity index (χ0v) is 10.8. The molecule has 4 nitrogen and oxygen atoms in total. The summed E-state index contributed by atoms with van der Waals surface area (Å²) in [6.45, 7) is 5.65. The molecule has 96 valence electrons. The Labute approximate surface area is 112 Å². The number of nitrogens with zero attached hydrogens (tertiary/aromatic N) is 2. The molecule has 3 N–H and O–H groups in total. The monoisotopic (exact) mass is 252 g/mol. The van der Waals surface area contributed by atoms with Gasteiger partial charge in [-0.3, -0.25) is 0 Å². The van der Waals surface area contributed by atoms with Crippen LogP contribution in [0, 0.1) is 0 Å². The van der Waals surface area contributed by atoms with Crippen molar-refractivity contribution >= 4 is 22.4 Å². The number of benzene rings is 1. The Bertz CT molecular complexity index is 656. The van der Waals surface area contributed by atoms with Gasteiger partial charge in [0.05, 0.1) is 5.52 Å². The van der Waals surface area contributed by atoms with Crippen molar-refractivity contribution in [3.63, 3.8) is 0 Å². The third-order valence-corrected chi connectivity index (χ3v) is 2.57. The molecule has 0 spiro atoms. The highest BCUT2D eigenvalue weighted by Gasteiger charge is 2.04. The van der Waals surface area contributed by atoms with Crippen molar-refractivity contribution in [2.75, 3.05) is 11.1 Å². The molecule has 0 fully saturated rings. The molecule has 1 aromatic heterocycles. The highest BCUT2D eigenvalue weighted by atomic mass is 15.0. The Balaban J connectivity index is 2.47. The minimum Gasteiger partial charge on any atom is -0.399 e. The average molecular weight is 252 g/mol. The van der Waals surface area contributed by atoms with Crippen molar-refractivity contribution in [2.45, 2.75) is 6.92 Å². The number of hydrogen-bond donors (Lipinski definition) is 2. The fourth-order valence-electron chi connectivity index (χ4n) is 1.76. The quantitative estimate of drug-likeness (QED) is 0.647. The third kappa shape index (κ3) is 2.98. The maximum Gasteiger partial charge on any atom is 0.141 e. The van der Waals surface area contributed by atoms with Gasteiger partial charge in [-0.2, -0.15) is 0 Å². The van der Waals surface area contributed by atoms with Gasteiger partial charge < -0.3 is 11.1 Å². The number of nitrogens with one attached hydrogen (secondary N) is 1. The normalized spacial score (nSPS) is 11.9. The number of anilines is 2. The summed E-state index contributed by atoms with van der Waals surface area (Å²) in [7, 11) is 0. The number of nitrogen functional groups attached to an aromatic ring is 1. The largest absolute Gasteiger partial charge is 0.399 e. The summed E-state index contributed by atoms with van der Waals surface area (Å²) in [4.78, 5) is 8.48. The molecule has 0 aliphatic heterocycles. The Morgan fingerprint density at radius 3 is 2.95 bits per heavy atom. The van der Waals surface area contributed by atoms with Gasteiger partial charge in [0.25, 0.3) is 0 Å². The molecular formula is C15H16N4. The second kappa shape index (κ2) is 5.82. The molecule has 0 aliphatic rings. The van der Waals surface area contributed by atoms with Gasteiger partial charge in [0.1, 0.15) is 12.1 Å². The summed E-state index contributed by atoms with van der Waals surface area (Å²) < 4.78 is 0. The van der Waals surface area contributed by atoms with Crippen molar-refractivity contribution in [2.24, 2.45) is 0 Å². The standard InChI is InChI=1S/C15H16N4/c1-3-5-12(6-4-2)19-15-13-9-11(16)7-8-14(13)17-10-18-15/h3-10H,1,16H2,2H3,(H,17,18,19)/b6-4-,12-5+. The number of allylic oxidation sites excluding steroid dienone is 4.